The summed E-state index contributed by atoms with van der Waals surface area (Å²) in [4.78, 5) is 9.69. The number of anilines is 3. The number of benzene rings is 6. The molecule has 14 rings (SSSR count). The number of rotatable bonds is 4. The van der Waals surface area contributed by atoms with Gasteiger partial charge >= 0.3 is 66.0 Å². The van der Waals surface area contributed by atoms with Crippen LogP contribution in [0, 0.1) is 0 Å². The van der Waals surface area contributed by atoms with Crippen LogP contribution in [0.1, 0.15) is 168 Å². The number of allylic oxidation sites excluding steroid dienone is 19. The molecule has 0 saturated carbocycles. The quantitative estimate of drug-likeness (QED) is 0.0827. The SMILES string of the molecule is CC1(C)C2=CC=C3CCC(=C3Cl)C=CC3=[N+](CCCCCCN4C(=CC=C5CCC(=C5Cl)C=CC5=[N+](CCCCCCN2c2ccccc21)c1ccccc1C5(C)C)C(C)(C)c1ccccc14)c1ccccc1C3(C)C.ClC1=C(C=Nc2ccccc2)CC/C1=C\Nc1ccccc1.F[P-](F)(F)(F)(F)F.F[P-](F)(F)(F)(F)F. The Balaban J connectivity index is 0.000000282. The third-order valence-electron chi connectivity index (χ3n) is 22.0. The van der Waals surface area contributed by atoms with Crippen LogP contribution in [-0.4, -0.2) is 53.0 Å². The fraction of sp³-hybridized carbons (Fsp3) is 0.337. The molecule has 5 heterocycles. The first-order valence-electron chi connectivity index (χ1n) is 38.1. The van der Waals surface area contributed by atoms with Gasteiger partial charge in [-0.3, -0.25) is 4.99 Å². The van der Waals surface area contributed by atoms with E-state index in [2.05, 4.69) is 230 Å². The summed E-state index contributed by atoms with van der Waals surface area (Å²) < 4.78 is 124. The van der Waals surface area contributed by atoms with Gasteiger partial charge in [-0.2, -0.15) is 9.15 Å². The zero-order valence-electron chi connectivity index (χ0n) is 64.3. The summed E-state index contributed by atoms with van der Waals surface area (Å²) in [7, 11) is -21.3. The molecular weight excluding hydrogens is 1550 g/mol. The average Bonchev–Trinajstić information content (AvgIpc) is 1.60. The topological polar surface area (TPSA) is 36.9 Å². The van der Waals surface area contributed by atoms with Crippen LogP contribution in [0.3, 0.4) is 0 Å². The van der Waals surface area contributed by atoms with Gasteiger partial charge in [-0.05, 0) is 185 Å². The molecule has 0 aromatic heterocycles. The van der Waals surface area contributed by atoms with Gasteiger partial charge in [0, 0.05) is 128 Å². The summed E-state index contributed by atoms with van der Waals surface area (Å²) in [6.07, 6.45) is 37.7. The standard InChI is InChI=1S/C70H80Cl2N4.C19H17ClN2.2F6P/c1-67(2)53-25-13-17-29-57(53)73-45-21-9-10-22-46-74-58-30-18-14-26-54(58)69(5,6)63(74)43-39-51-35-36-52(66(51)72)40-44-64-70(7,8)56-28-16-20-32-60(56)76(64)48-24-12-11-23-47-75-59-31-19-15-27-55(59)68(3,4)62(75)42-38-50-34-33-49(65(50)71)37-41-61(67)73;20-19-15(13-21-17-7-3-1-4-8-17)11-12-16(19)14-22-18-9-5-2-6-10-18;2*1-7(2,3,4,5)6/h13-20,25-32,37-44H,9-12,21-24,33-36,45-48H2,1-8H3;1-10,13-14,21H,11-12H2;;/q+2;;2*-1/b;15-13+,22-14?;;. The van der Waals surface area contributed by atoms with Gasteiger partial charge in [0.25, 0.3) is 0 Å². The number of halogens is 15. The van der Waals surface area contributed by atoms with E-state index in [-0.39, 0.29) is 21.7 Å². The molecule has 23 heteroatoms. The normalized spacial score (nSPS) is 21.4. The van der Waals surface area contributed by atoms with E-state index in [1.54, 1.807) is 0 Å². The van der Waals surface area contributed by atoms with Crippen molar-refractivity contribution >= 4 is 102 Å². The van der Waals surface area contributed by atoms with Crippen molar-refractivity contribution in [1.29, 1.82) is 0 Å². The molecule has 6 aromatic rings. The minimum absolute atomic E-state index is 0.117. The van der Waals surface area contributed by atoms with Crippen molar-refractivity contribution in [2.75, 3.05) is 41.3 Å². The van der Waals surface area contributed by atoms with Crippen LogP contribution >= 0.6 is 50.4 Å². The molecule has 6 aromatic carbocycles. The number of nitrogens with one attached hydrogen (secondary N) is 1. The van der Waals surface area contributed by atoms with Crippen LogP contribution in [0.4, 0.5) is 84.5 Å². The van der Waals surface area contributed by atoms with E-state index < -0.39 is 15.6 Å². The van der Waals surface area contributed by atoms with Crippen molar-refractivity contribution in [3.05, 3.63) is 295 Å². The summed E-state index contributed by atoms with van der Waals surface area (Å²) in [6.45, 7) is 23.1. The molecule has 0 radical (unpaired) electrons. The van der Waals surface area contributed by atoms with Crippen molar-refractivity contribution in [2.45, 2.75) is 167 Å². The number of aliphatic imine (C=N–C) groups is 1. The van der Waals surface area contributed by atoms with Crippen molar-refractivity contribution in [3.8, 4) is 0 Å². The van der Waals surface area contributed by atoms with E-state index in [0.29, 0.717) is 0 Å². The monoisotopic (exact) mass is 1640 g/mol. The number of nitrogens with zero attached hydrogens (tertiary/aromatic N) is 5. The molecule has 0 atom stereocenters. The fourth-order valence-electron chi connectivity index (χ4n) is 16.4. The van der Waals surface area contributed by atoms with Crippen LogP contribution < -0.4 is 15.1 Å². The van der Waals surface area contributed by atoms with Gasteiger partial charge in [-0.25, -0.2) is 0 Å². The second-order valence-electron chi connectivity index (χ2n) is 31.6. The molecule has 0 amide bonds. The molecule has 3 aliphatic carbocycles. The third-order valence-corrected chi connectivity index (χ3v) is 23.4. The van der Waals surface area contributed by atoms with E-state index >= 15 is 0 Å². The molecule has 8 aliphatic rings. The van der Waals surface area contributed by atoms with Crippen molar-refractivity contribution in [3.63, 3.8) is 0 Å². The van der Waals surface area contributed by atoms with Crippen LogP contribution in [0.15, 0.2) is 277 Å². The molecule has 598 valence electrons. The summed E-state index contributed by atoms with van der Waals surface area (Å²) in [6, 6.07) is 56.2. The third kappa shape index (κ3) is 21.7. The Hall–Kier alpha value is -7.98. The van der Waals surface area contributed by atoms with Crippen LogP contribution in [-0.2, 0) is 21.7 Å². The first kappa shape index (κ1) is 84.9. The predicted molar refractivity (Wildman–Crippen MR) is 446 cm³/mol. The summed E-state index contributed by atoms with van der Waals surface area (Å²) in [5, 5.41) is 5.92. The van der Waals surface area contributed by atoms with Gasteiger partial charge in [-0.1, -0.05) is 209 Å². The Morgan fingerprint density at radius 2 is 0.768 bits per heavy atom. The van der Waals surface area contributed by atoms with E-state index in [9.17, 15) is 50.4 Å². The Morgan fingerprint density at radius 1 is 0.393 bits per heavy atom. The molecule has 0 unspecified atom stereocenters. The van der Waals surface area contributed by atoms with E-state index in [4.69, 9.17) is 34.8 Å². The number of hydrogen-bond acceptors (Lipinski definition) is 4. The number of para-hydroxylation sites is 6. The molecule has 0 spiro atoms. The Morgan fingerprint density at radius 3 is 1.20 bits per heavy atom. The van der Waals surface area contributed by atoms with Gasteiger partial charge < -0.3 is 15.1 Å². The van der Waals surface area contributed by atoms with Gasteiger partial charge in [0.15, 0.2) is 11.4 Å². The maximum absolute atomic E-state index is 10.7. The number of hydrogen-bond donors (Lipinski definition) is 1. The Labute approximate surface area is 665 Å². The van der Waals surface area contributed by atoms with Gasteiger partial charge in [0.1, 0.15) is 13.1 Å². The number of fused-ring (bicyclic) bond motifs is 12. The molecule has 112 heavy (non-hydrogen) atoms. The zero-order chi connectivity index (χ0) is 81.0. The van der Waals surface area contributed by atoms with Crippen LogP contribution in [0.25, 0.3) is 0 Å². The van der Waals surface area contributed by atoms with E-state index in [1.165, 1.54) is 116 Å². The molecular formula is C89H97Cl3F12N6P2. The fourth-order valence-corrected chi connectivity index (χ4v) is 17.3. The summed E-state index contributed by atoms with van der Waals surface area (Å²) >= 11 is 21.3. The molecule has 1 N–H and O–H groups in total. The van der Waals surface area contributed by atoms with Crippen molar-refractivity contribution in [2.24, 2.45) is 4.99 Å². The molecule has 5 aliphatic heterocycles. The second-order valence-corrected chi connectivity index (χ2v) is 36.6. The molecule has 0 fully saturated rings. The molecule has 4 bridgehead atoms. The Kier molecular flexibility index (Phi) is 24.3. The summed E-state index contributed by atoms with van der Waals surface area (Å²) in [5.41, 5.74) is 25.1. The van der Waals surface area contributed by atoms with Gasteiger partial charge in [0.2, 0.25) is 11.4 Å². The van der Waals surface area contributed by atoms with Gasteiger partial charge in [0.05, 0.1) is 16.5 Å². The molecule has 6 nitrogen and oxygen atoms in total. The Bertz CT molecular complexity index is 4730. The van der Waals surface area contributed by atoms with E-state index in [1.807, 2.05) is 73.1 Å². The first-order chi connectivity index (χ1) is 52.3. The first-order valence-corrected chi connectivity index (χ1v) is 43.3. The van der Waals surface area contributed by atoms with E-state index in [0.717, 1.165) is 128 Å². The summed E-state index contributed by atoms with van der Waals surface area (Å²) in [5.74, 6) is 0. The van der Waals surface area contributed by atoms with Crippen molar-refractivity contribution in [1.82, 2.24) is 0 Å². The van der Waals surface area contributed by atoms with Crippen molar-refractivity contribution < 1.29 is 59.5 Å². The second kappa shape index (κ2) is 32.0. The molecule has 0 saturated heterocycles. The van der Waals surface area contributed by atoms with Crippen LogP contribution in [0.2, 0.25) is 0 Å². The zero-order valence-corrected chi connectivity index (χ0v) is 68.4. The predicted octanol–water partition coefficient (Wildman–Crippen LogP) is 30.6. The maximum atomic E-state index is 9.87. The van der Waals surface area contributed by atoms with Gasteiger partial charge in [-0.15, -0.1) is 0 Å². The minimum atomic E-state index is -10.7. The van der Waals surface area contributed by atoms with Crippen LogP contribution in [0.5, 0.6) is 0 Å². The average molecular weight is 1650 g/mol.